The molecule has 1 unspecified atom stereocenters. The first kappa shape index (κ1) is 16.4. The van der Waals surface area contributed by atoms with Crippen LogP contribution in [0.4, 0.5) is 5.69 Å². The Morgan fingerprint density at radius 2 is 2.00 bits per heavy atom. The Kier molecular flexibility index (Phi) is 5.38. The summed E-state index contributed by atoms with van der Waals surface area (Å²) in [5.41, 5.74) is 1.82. The van der Waals surface area contributed by atoms with Crippen molar-refractivity contribution in [2.24, 2.45) is 0 Å². The lowest BCUT2D eigenvalue weighted by Crippen LogP contribution is -2.49. The number of carbonyl (C=O) groups excluding carboxylic acids is 1. The molecule has 2 aromatic rings. The maximum atomic E-state index is 12.1. The van der Waals surface area contributed by atoms with Crippen molar-refractivity contribution < 1.29 is 4.79 Å². The number of halogens is 3. The predicted octanol–water partition coefficient (Wildman–Crippen LogP) is 4.59. The van der Waals surface area contributed by atoms with Gasteiger partial charge in [-0.05, 0) is 36.1 Å². The molecule has 21 heavy (non-hydrogen) atoms. The fraction of sp³-hybridized carbons (Fsp3) is 0.214. The summed E-state index contributed by atoms with van der Waals surface area (Å²) in [5.74, 6) is -0.290. The monoisotopic (exact) mass is 362 g/mol. The summed E-state index contributed by atoms with van der Waals surface area (Å²) in [6.07, 6.45) is -0.848. The van der Waals surface area contributed by atoms with E-state index in [-0.39, 0.29) is 5.91 Å². The van der Waals surface area contributed by atoms with E-state index < -0.39 is 9.96 Å². The largest absolute Gasteiger partial charge is 0.362 e. The third-order valence-electron chi connectivity index (χ3n) is 2.68. The molecule has 0 aliphatic heterocycles. The molecular formula is C14H13Cl3N2OS. The fourth-order valence-electron chi connectivity index (χ4n) is 1.71. The number of rotatable bonds is 4. The van der Waals surface area contributed by atoms with Crippen molar-refractivity contribution in [3.05, 3.63) is 52.2 Å². The highest BCUT2D eigenvalue weighted by molar-refractivity contribution is 7.12. The van der Waals surface area contributed by atoms with E-state index in [0.717, 1.165) is 11.3 Å². The minimum absolute atomic E-state index is 0.290. The second-order valence-electron chi connectivity index (χ2n) is 4.44. The van der Waals surface area contributed by atoms with Gasteiger partial charge in [-0.3, -0.25) is 4.79 Å². The van der Waals surface area contributed by atoms with Crippen LogP contribution < -0.4 is 10.6 Å². The number of thiophene rings is 1. The molecule has 112 valence electrons. The molecule has 7 heteroatoms. The van der Waals surface area contributed by atoms with Gasteiger partial charge in [-0.25, -0.2) is 0 Å². The van der Waals surface area contributed by atoms with Gasteiger partial charge in [-0.1, -0.05) is 53.0 Å². The molecule has 0 saturated carbocycles. The average molecular weight is 364 g/mol. The van der Waals surface area contributed by atoms with Crippen LogP contribution in [0.3, 0.4) is 0 Å². The molecular weight excluding hydrogens is 351 g/mol. The smallest absolute Gasteiger partial charge is 0.263 e. The van der Waals surface area contributed by atoms with Gasteiger partial charge in [0.25, 0.3) is 5.91 Å². The van der Waals surface area contributed by atoms with Crippen molar-refractivity contribution in [2.75, 3.05) is 5.32 Å². The van der Waals surface area contributed by atoms with E-state index in [1.807, 2.05) is 36.6 Å². The average Bonchev–Trinajstić information content (AvgIpc) is 2.90. The molecule has 1 atom stereocenters. The predicted molar refractivity (Wildman–Crippen MR) is 90.7 cm³/mol. The Morgan fingerprint density at radius 3 is 2.57 bits per heavy atom. The topological polar surface area (TPSA) is 41.1 Å². The van der Waals surface area contributed by atoms with Crippen LogP contribution in [0.2, 0.25) is 0 Å². The molecule has 0 radical (unpaired) electrons. The normalized spacial score (nSPS) is 12.8. The first-order valence-corrected chi connectivity index (χ1v) is 8.12. The molecule has 0 aliphatic rings. The number of benzene rings is 1. The summed E-state index contributed by atoms with van der Waals surface area (Å²) < 4.78 is -1.68. The van der Waals surface area contributed by atoms with Gasteiger partial charge >= 0.3 is 0 Å². The van der Waals surface area contributed by atoms with Gasteiger partial charge in [0.05, 0.1) is 4.88 Å². The summed E-state index contributed by atoms with van der Waals surface area (Å²) >= 11 is 19.2. The highest BCUT2D eigenvalue weighted by atomic mass is 35.6. The number of alkyl halides is 3. The molecule has 0 spiro atoms. The molecule has 1 heterocycles. The van der Waals surface area contributed by atoms with Crippen molar-refractivity contribution >= 4 is 57.7 Å². The second-order valence-corrected chi connectivity index (χ2v) is 7.76. The lowest BCUT2D eigenvalue weighted by Gasteiger charge is -2.27. The van der Waals surface area contributed by atoms with E-state index in [0.29, 0.717) is 4.88 Å². The van der Waals surface area contributed by atoms with Gasteiger partial charge in [0.2, 0.25) is 3.79 Å². The molecule has 0 bridgehead atoms. The summed E-state index contributed by atoms with van der Waals surface area (Å²) in [4.78, 5) is 12.7. The molecule has 1 amide bonds. The van der Waals surface area contributed by atoms with Crippen LogP contribution in [0.25, 0.3) is 0 Å². The van der Waals surface area contributed by atoms with E-state index in [4.69, 9.17) is 34.8 Å². The van der Waals surface area contributed by atoms with E-state index in [2.05, 4.69) is 10.6 Å². The minimum atomic E-state index is -1.68. The number of hydrogen-bond acceptors (Lipinski definition) is 3. The zero-order valence-corrected chi connectivity index (χ0v) is 14.2. The van der Waals surface area contributed by atoms with Gasteiger partial charge in [-0.15, -0.1) is 11.3 Å². The van der Waals surface area contributed by atoms with Crippen LogP contribution >= 0.6 is 46.1 Å². The van der Waals surface area contributed by atoms with Crippen LogP contribution in [0.15, 0.2) is 41.8 Å². The Hall–Kier alpha value is -0.940. The Bertz CT molecular complexity index is 611. The maximum Gasteiger partial charge on any atom is 0.263 e. The van der Waals surface area contributed by atoms with Crippen molar-refractivity contribution in [2.45, 2.75) is 16.9 Å². The van der Waals surface area contributed by atoms with E-state index >= 15 is 0 Å². The van der Waals surface area contributed by atoms with Crippen molar-refractivity contribution in [1.82, 2.24) is 5.32 Å². The molecule has 0 aliphatic carbocycles. The van der Waals surface area contributed by atoms with Gasteiger partial charge in [0.1, 0.15) is 6.17 Å². The van der Waals surface area contributed by atoms with Gasteiger partial charge in [0.15, 0.2) is 0 Å². The Morgan fingerprint density at radius 1 is 1.24 bits per heavy atom. The Balaban J connectivity index is 2.14. The maximum absolute atomic E-state index is 12.1. The molecule has 3 nitrogen and oxygen atoms in total. The zero-order chi connectivity index (χ0) is 15.5. The lowest BCUT2D eigenvalue weighted by molar-refractivity contribution is 0.0946. The highest BCUT2D eigenvalue weighted by Crippen LogP contribution is 2.31. The van der Waals surface area contributed by atoms with Gasteiger partial charge in [-0.2, -0.15) is 0 Å². The lowest BCUT2D eigenvalue weighted by atomic mass is 10.2. The van der Waals surface area contributed by atoms with Crippen LogP contribution in [0.1, 0.15) is 15.2 Å². The number of nitrogens with one attached hydrogen (secondary N) is 2. The van der Waals surface area contributed by atoms with Crippen LogP contribution in [0, 0.1) is 6.92 Å². The molecule has 2 rings (SSSR count). The number of hydrogen-bond donors (Lipinski definition) is 2. The third kappa shape index (κ3) is 4.78. The Labute approximate surface area is 142 Å². The van der Waals surface area contributed by atoms with E-state index in [1.54, 1.807) is 12.1 Å². The van der Waals surface area contributed by atoms with Crippen LogP contribution in [-0.4, -0.2) is 15.9 Å². The molecule has 1 aromatic heterocycles. The summed E-state index contributed by atoms with van der Waals surface area (Å²) in [6.45, 7) is 1.96. The van der Waals surface area contributed by atoms with Crippen LogP contribution in [-0.2, 0) is 0 Å². The van der Waals surface area contributed by atoms with E-state index in [1.165, 1.54) is 11.3 Å². The first-order chi connectivity index (χ1) is 9.86. The second kappa shape index (κ2) is 6.88. The van der Waals surface area contributed by atoms with Crippen molar-refractivity contribution in [3.8, 4) is 0 Å². The number of amides is 1. The summed E-state index contributed by atoms with van der Waals surface area (Å²) in [6, 6.07) is 11.1. The number of anilines is 1. The van der Waals surface area contributed by atoms with Gasteiger partial charge < -0.3 is 10.6 Å². The highest BCUT2D eigenvalue weighted by Gasteiger charge is 2.34. The summed E-state index contributed by atoms with van der Waals surface area (Å²) in [7, 11) is 0. The third-order valence-corrected chi connectivity index (χ3v) is 4.20. The molecule has 2 N–H and O–H groups in total. The molecule has 0 fully saturated rings. The van der Waals surface area contributed by atoms with Gasteiger partial charge in [0, 0.05) is 5.69 Å². The summed E-state index contributed by atoms with van der Waals surface area (Å²) in [5, 5.41) is 7.53. The molecule has 1 aromatic carbocycles. The molecule has 0 saturated heterocycles. The van der Waals surface area contributed by atoms with Crippen molar-refractivity contribution in [1.29, 1.82) is 0 Å². The SMILES string of the molecule is Cc1cccc(NC(NC(=O)c2cccs2)C(Cl)(Cl)Cl)c1. The number of aryl methyl sites for hydroxylation is 1. The minimum Gasteiger partial charge on any atom is -0.362 e. The zero-order valence-electron chi connectivity index (χ0n) is 11.1. The standard InChI is InChI=1S/C14H13Cl3N2OS/c1-9-4-2-5-10(8-9)18-13(14(15,16)17)19-12(20)11-6-3-7-21-11/h2-8,13,18H,1H3,(H,19,20). The fourth-order valence-corrected chi connectivity index (χ4v) is 2.67. The van der Waals surface area contributed by atoms with Crippen LogP contribution in [0.5, 0.6) is 0 Å². The first-order valence-electron chi connectivity index (χ1n) is 6.10. The van der Waals surface area contributed by atoms with E-state index in [9.17, 15) is 4.79 Å². The number of carbonyl (C=O) groups is 1. The quantitative estimate of drug-likeness (QED) is 0.616. The van der Waals surface area contributed by atoms with Crippen molar-refractivity contribution in [3.63, 3.8) is 0 Å².